The molecule has 6 nitrogen and oxygen atoms in total. The Hall–Kier alpha value is -2.49. The Morgan fingerprint density at radius 2 is 1.97 bits per heavy atom. The van der Waals surface area contributed by atoms with E-state index in [4.69, 9.17) is 16.3 Å². The second-order valence-electron chi connectivity index (χ2n) is 5.96. The molecule has 0 aliphatic carbocycles. The summed E-state index contributed by atoms with van der Waals surface area (Å²) in [5.74, 6) is -2.67. The molecule has 29 heavy (non-hydrogen) atoms. The number of methoxy groups -OCH3 is 1. The van der Waals surface area contributed by atoms with Gasteiger partial charge in [-0.3, -0.25) is 4.79 Å². The van der Waals surface area contributed by atoms with Gasteiger partial charge in [-0.15, -0.1) is 6.58 Å². The number of rotatable bonds is 9. The SMILES string of the molecule is C=CCC(NS(=O)(=O)c1cc(Cl)ccc1OC)C(=O)NCc1ccc(F)c(F)c1. The first-order valence-corrected chi connectivity index (χ1v) is 10.2. The minimum Gasteiger partial charge on any atom is -0.495 e. The quantitative estimate of drug-likeness (QED) is 0.582. The monoisotopic (exact) mass is 444 g/mol. The van der Waals surface area contributed by atoms with E-state index < -0.39 is 33.6 Å². The predicted molar refractivity (Wildman–Crippen MR) is 105 cm³/mol. The zero-order chi connectivity index (χ0) is 21.6. The van der Waals surface area contributed by atoms with Crippen LogP contribution in [0.3, 0.4) is 0 Å². The van der Waals surface area contributed by atoms with Gasteiger partial charge in [0.1, 0.15) is 16.7 Å². The number of hydrogen-bond acceptors (Lipinski definition) is 4. The van der Waals surface area contributed by atoms with E-state index in [-0.39, 0.29) is 28.6 Å². The van der Waals surface area contributed by atoms with Crippen molar-refractivity contribution >= 4 is 27.5 Å². The number of halogens is 3. The van der Waals surface area contributed by atoms with Crippen molar-refractivity contribution in [3.8, 4) is 5.75 Å². The van der Waals surface area contributed by atoms with E-state index in [1.807, 2.05) is 0 Å². The molecule has 2 aromatic carbocycles. The largest absolute Gasteiger partial charge is 0.495 e. The summed E-state index contributed by atoms with van der Waals surface area (Å²) in [4.78, 5) is 12.3. The van der Waals surface area contributed by atoms with Crippen molar-refractivity contribution in [1.29, 1.82) is 0 Å². The number of nitrogens with one attached hydrogen (secondary N) is 2. The second kappa shape index (κ2) is 9.82. The molecule has 1 atom stereocenters. The van der Waals surface area contributed by atoms with Crippen LogP contribution in [0, 0.1) is 11.6 Å². The maximum atomic E-state index is 13.3. The number of ether oxygens (including phenoxy) is 1. The molecule has 0 aliphatic rings. The fourth-order valence-electron chi connectivity index (χ4n) is 2.45. The highest BCUT2D eigenvalue weighted by molar-refractivity contribution is 7.89. The first-order chi connectivity index (χ1) is 13.7. The van der Waals surface area contributed by atoms with Gasteiger partial charge in [-0.05, 0) is 42.3 Å². The summed E-state index contributed by atoms with van der Waals surface area (Å²) in [5, 5.41) is 2.66. The van der Waals surface area contributed by atoms with Crippen molar-refractivity contribution in [2.45, 2.75) is 23.9 Å². The normalized spacial score (nSPS) is 12.3. The summed E-state index contributed by atoms with van der Waals surface area (Å²) >= 11 is 5.88. The van der Waals surface area contributed by atoms with Crippen molar-refractivity contribution in [3.63, 3.8) is 0 Å². The molecule has 0 spiro atoms. The Morgan fingerprint density at radius 3 is 2.59 bits per heavy atom. The van der Waals surface area contributed by atoms with Crippen LogP contribution in [0.2, 0.25) is 5.02 Å². The lowest BCUT2D eigenvalue weighted by Crippen LogP contribution is -2.46. The summed E-state index contributed by atoms with van der Waals surface area (Å²) in [6.45, 7) is 3.40. The highest BCUT2D eigenvalue weighted by atomic mass is 35.5. The molecule has 0 fully saturated rings. The van der Waals surface area contributed by atoms with Gasteiger partial charge in [-0.1, -0.05) is 23.7 Å². The van der Waals surface area contributed by atoms with E-state index >= 15 is 0 Å². The molecular weight excluding hydrogens is 426 g/mol. The van der Waals surface area contributed by atoms with E-state index in [2.05, 4.69) is 16.6 Å². The van der Waals surface area contributed by atoms with E-state index in [0.717, 1.165) is 12.1 Å². The average molecular weight is 445 g/mol. The maximum absolute atomic E-state index is 13.3. The molecule has 156 valence electrons. The highest BCUT2D eigenvalue weighted by Gasteiger charge is 2.27. The summed E-state index contributed by atoms with van der Waals surface area (Å²) in [6, 6.07) is 6.06. The van der Waals surface area contributed by atoms with Crippen LogP contribution >= 0.6 is 11.6 Å². The van der Waals surface area contributed by atoms with Crippen molar-refractivity contribution < 1.29 is 26.7 Å². The van der Waals surface area contributed by atoms with Crippen molar-refractivity contribution in [1.82, 2.24) is 10.0 Å². The Labute approximate surface area is 172 Å². The molecule has 0 aromatic heterocycles. The van der Waals surface area contributed by atoms with Gasteiger partial charge in [0, 0.05) is 11.6 Å². The minimum absolute atomic E-state index is 0.00821. The van der Waals surface area contributed by atoms with E-state index in [1.54, 1.807) is 0 Å². The molecule has 2 N–H and O–H groups in total. The number of sulfonamides is 1. The lowest BCUT2D eigenvalue weighted by atomic mass is 10.2. The third-order valence-electron chi connectivity index (χ3n) is 3.88. The van der Waals surface area contributed by atoms with Crippen LogP contribution in [0.4, 0.5) is 8.78 Å². The summed E-state index contributed by atoms with van der Waals surface area (Å²) < 4.78 is 59.1. The van der Waals surface area contributed by atoms with Gasteiger partial charge in [-0.2, -0.15) is 4.72 Å². The van der Waals surface area contributed by atoms with Crippen LogP contribution in [0.5, 0.6) is 5.75 Å². The zero-order valence-electron chi connectivity index (χ0n) is 15.4. The second-order valence-corrected chi connectivity index (χ2v) is 8.08. The number of hydrogen-bond donors (Lipinski definition) is 2. The van der Waals surface area contributed by atoms with Gasteiger partial charge in [-0.25, -0.2) is 17.2 Å². The minimum atomic E-state index is -4.16. The zero-order valence-corrected chi connectivity index (χ0v) is 17.0. The lowest BCUT2D eigenvalue weighted by Gasteiger charge is -2.18. The number of carbonyl (C=O) groups is 1. The molecule has 10 heteroatoms. The fraction of sp³-hybridized carbons (Fsp3) is 0.211. The van der Waals surface area contributed by atoms with Crippen LogP contribution in [-0.4, -0.2) is 27.5 Å². The molecular formula is C19H19ClF2N2O4S. The number of amides is 1. The standard InChI is InChI=1S/C19H19ClF2N2O4S/c1-3-4-16(19(25)23-11-12-5-7-14(21)15(22)9-12)24-29(26,27)18-10-13(20)6-8-17(18)28-2/h3,5-10,16,24H,1,4,11H2,2H3,(H,23,25). The van der Waals surface area contributed by atoms with Crippen LogP contribution < -0.4 is 14.8 Å². The first-order valence-electron chi connectivity index (χ1n) is 8.36. The third-order valence-corrected chi connectivity index (χ3v) is 5.61. The van der Waals surface area contributed by atoms with Crippen molar-refractivity contribution in [3.05, 3.63) is 71.3 Å². The Bertz CT molecular complexity index is 1020. The van der Waals surface area contributed by atoms with E-state index in [0.29, 0.717) is 5.56 Å². The van der Waals surface area contributed by atoms with Crippen molar-refractivity contribution in [2.24, 2.45) is 0 Å². The Balaban J connectivity index is 2.17. The van der Waals surface area contributed by atoms with E-state index in [1.165, 1.54) is 37.5 Å². The van der Waals surface area contributed by atoms with Gasteiger partial charge in [0.2, 0.25) is 15.9 Å². The Morgan fingerprint density at radius 1 is 1.24 bits per heavy atom. The average Bonchev–Trinajstić information content (AvgIpc) is 2.68. The lowest BCUT2D eigenvalue weighted by molar-refractivity contribution is -0.122. The molecule has 0 saturated carbocycles. The van der Waals surface area contributed by atoms with Crippen LogP contribution in [0.15, 0.2) is 53.9 Å². The van der Waals surface area contributed by atoms with E-state index in [9.17, 15) is 22.0 Å². The van der Waals surface area contributed by atoms with Crippen LogP contribution in [-0.2, 0) is 21.4 Å². The van der Waals surface area contributed by atoms with Gasteiger partial charge in [0.25, 0.3) is 0 Å². The fourth-order valence-corrected chi connectivity index (χ4v) is 4.09. The molecule has 2 aromatic rings. The van der Waals surface area contributed by atoms with Gasteiger partial charge in [0.15, 0.2) is 11.6 Å². The molecule has 0 aliphatic heterocycles. The molecule has 1 unspecified atom stereocenters. The highest BCUT2D eigenvalue weighted by Crippen LogP contribution is 2.27. The number of benzene rings is 2. The predicted octanol–water partition coefficient (Wildman–Crippen LogP) is 3.17. The van der Waals surface area contributed by atoms with Gasteiger partial charge < -0.3 is 10.1 Å². The first kappa shape index (κ1) is 22.8. The summed E-state index contributed by atoms with van der Waals surface area (Å²) in [6.07, 6.45) is 1.37. The molecule has 1 amide bonds. The summed E-state index contributed by atoms with van der Waals surface area (Å²) in [7, 11) is -2.86. The molecule has 2 rings (SSSR count). The van der Waals surface area contributed by atoms with Gasteiger partial charge >= 0.3 is 0 Å². The molecule has 0 radical (unpaired) electrons. The topological polar surface area (TPSA) is 84.5 Å². The summed E-state index contributed by atoms with van der Waals surface area (Å²) in [5.41, 5.74) is 0.314. The molecule has 0 saturated heterocycles. The molecule has 0 heterocycles. The van der Waals surface area contributed by atoms with Crippen LogP contribution in [0.1, 0.15) is 12.0 Å². The third kappa shape index (κ3) is 5.99. The van der Waals surface area contributed by atoms with Crippen molar-refractivity contribution in [2.75, 3.05) is 7.11 Å². The van der Waals surface area contributed by atoms with Crippen LogP contribution in [0.25, 0.3) is 0 Å². The maximum Gasteiger partial charge on any atom is 0.245 e. The molecule has 0 bridgehead atoms. The van der Waals surface area contributed by atoms with Gasteiger partial charge in [0.05, 0.1) is 7.11 Å². The smallest absolute Gasteiger partial charge is 0.245 e. The number of carbonyl (C=O) groups excluding carboxylic acids is 1. The Kier molecular flexibility index (Phi) is 7.72.